The Morgan fingerprint density at radius 3 is 2.53 bits per heavy atom. The van der Waals surface area contributed by atoms with Gasteiger partial charge >= 0.3 is 0 Å². The number of hydrogen-bond donors (Lipinski definition) is 1. The molecule has 0 aliphatic heterocycles. The van der Waals surface area contributed by atoms with E-state index < -0.39 is 0 Å². The van der Waals surface area contributed by atoms with Crippen LogP contribution < -0.4 is 5.32 Å². The molecule has 1 atom stereocenters. The lowest BCUT2D eigenvalue weighted by Gasteiger charge is -2.19. The van der Waals surface area contributed by atoms with E-state index in [0.717, 1.165) is 31.3 Å². The maximum atomic E-state index is 6.27. The maximum Gasteiger partial charge on any atom is 0.0500 e. The monoisotopic (exact) mass is 357 g/mol. The first kappa shape index (κ1) is 14.7. The van der Waals surface area contributed by atoms with Crippen molar-refractivity contribution in [3.05, 3.63) is 62.0 Å². The standard InChI is InChI=1S/C15H14BrCl2N/c1-9-13(17)4-3-5-15(9)19-10(2)12-7-6-11(16)8-14(12)18/h3-8,10,19H,1-2H3. The molecule has 100 valence electrons. The quantitative estimate of drug-likeness (QED) is 0.684. The average Bonchev–Trinajstić information content (AvgIpc) is 2.34. The highest BCUT2D eigenvalue weighted by molar-refractivity contribution is 9.10. The predicted octanol–water partition coefficient (Wildman–Crippen LogP) is 6.24. The van der Waals surface area contributed by atoms with Gasteiger partial charge in [-0.2, -0.15) is 0 Å². The zero-order valence-electron chi connectivity index (χ0n) is 10.7. The first-order chi connectivity index (χ1) is 8.99. The highest BCUT2D eigenvalue weighted by atomic mass is 79.9. The van der Waals surface area contributed by atoms with Crippen LogP contribution in [0.5, 0.6) is 0 Å². The summed E-state index contributed by atoms with van der Waals surface area (Å²) < 4.78 is 0.979. The van der Waals surface area contributed by atoms with Crippen LogP contribution in [-0.4, -0.2) is 0 Å². The molecule has 0 spiro atoms. The van der Waals surface area contributed by atoms with E-state index in [-0.39, 0.29) is 6.04 Å². The molecule has 0 radical (unpaired) electrons. The number of halogens is 3. The Bertz CT molecular complexity index is 599. The SMILES string of the molecule is Cc1c(Cl)cccc1NC(C)c1ccc(Br)cc1Cl. The van der Waals surface area contributed by atoms with E-state index in [1.807, 2.05) is 43.3 Å². The molecule has 0 saturated heterocycles. The van der Waals surface area contributed by atoms with Gasteiger partial charge in [-0.05, 0) is 49.2 Å². The second-order valence-corrected chi connectivity index (χ2v) is 6.17. The van der Waals surface area contributed by atoms with Gasteiger partial charge < -0.3 is 5.32 Å². The number of rotatable bonds is 3. The Morgan fingerprint density at radius 2 is 1.84 bits per heavy atom. The second-order valence-electron chi connectivity index (χ2n) is 4.44. The number of hydrogen-bond acceptors (Lipinski definition) is 1. The van der Waals surface area contributed by atoms with Crippen molar-refractivity contribution in [1.82, 2.24) is 0 Å². The predicted molar refractivity (Wildman–Crippen MR) is 87.4 cm³/mol. The lowest BCUT2D eigenvalue weighted by molar-refractivity contribution is 0.882. The summed E-state index contributed by atoms with van der Waals surface area (Å²) in [6.07, 6.45) is 0. The van der Waals surface area contributed by atoms with Crippen LogP contribution in [0.1, 0.15) is 24.1 Å². The van der Waals surface area contributed by atoms with Crippen LogP contribution in [0.15, 0.2) is 40.9 Å². The molecule has 0 aliphatic carbocycles. The molecule has 2 aromatic carbocycles. The summed E-state index contributed by atoms with van der Waals surface area (Å²) in [4.78, 5) is 0. The molecule has 0 saturated carbocycles. The Kier molecular flexibility index (Phi) is 4.77. The summed E-state index contributed by atoms with van der Waals surface area (Å²) in [5.41, 5.74) is 3.13. The summed E-state index contributed by atoms with van der Waals surface area (Å²) >= 11 is 15.8. The van der Waals surface area contributed by atoms with E-state index in [1.54, 1.807) is 0 Å². The van der Waals surface area contributed by atoms with E-state index in [0.29, 0.717) is 0 Å². The molecule has 2 rings (SSSR count). The third-order valence-corrected chi connectivity index (χ3v) is 4.30. The van der Waals surface area contributed by atoms with E-state index in [9.17, 15) is 0 Å². The number of nitrogens with one attached hydrogen (secondary N) is 1. The van der Waals surface area contributed by atoms with Gasteiger partial charge in [-0.1, -0.05) is 51.3 Å². The highest BCUT2D eigenvalue weighted by Gasteiger charge is 2.11. The van der Waals surface area contributed by atoms with Gasteiger partial charge in [-0.25, -0.2) is 0 Å². The molecule has 0 amide bonds. The van der Waals surface area contributed by atoms with Gasteiger partial charge in [0, 0.05) is 20.2 Å². The lowest BCUT2D eigenvalue weighted by Crippen LogP contribution is -2.08. The molecule has 2 aromatic rings. The Hall–Kier alpha value is -0.700. The summed E-state index contributed by atoms with van der Waals surface area (Å²) in [5.74, 6) is 0. The van der Waals surface area contributed by atoms with Gasteiger partial charge in [0.15, 0.2) is 0 Å². The molecular weight excluding hydrogens is 345 g/mol. The molecule has 0 aromatic heterocycles. The van der Waals surface area contributed by atoms with E-state index in [2.05, 4.69) is 28.2 Å². The van der Waals surface area contributed by atoms with Gasteiger partial charge in [0.05, 0.1) is 6.04 Å². The number of anilines is 1. The summed E-state index contributed by atoms with van der Waals surface area (Å²) in [7, 11) is 0. The molecule has 1 nitrogen and oxygen atoms in total. The summed E-state index contributed by atoms with van der Waals surface area (Å²) in [6.45, 7) is 4.08. The normalized spacial score (nSPS) is 12.3. The molecule has 0 bridgehead atoms. The van der Waals surface area contributed by atoms with Gasteiger partial charge in [-0.3, -0.25) is 0 Å². The zero-order chi connectivity index (χ0) is 14.0. The summed E-state index contributed by atoms with van der Waals surface area (Å²) in [6, 6.07) is 11.9. The first-order valence-electron chi connectivity index (χ1n) is 5.95. The van der Waals surface area contributed by atoms with Crippen molar-refractivity contribution >= 4 is 44.8 Å². The van der Waals surface area contributed by atoms with Gasteiger partial charge in [0.25, 0.3) is 0 Å². The fraction of sp³-hybridized carbons (Fsp3) is 0.200. The van der Waals surface area contributed by atoms with E-state index >= 15 is 0 Å². The second kappa shape index (κ2) is 6.17. The van der Waals surface area contributed by atoms with Crippen LogP contribution >= 0.6 is 39.1 Å². The smallest absolute Gasteiger partial charge is 0.0500 e. The molecule has 4 heteroatoms. The van der Waals surface area contributed by atoms with E-state index in [4.69, 9.17) is 23.2 Å². The van der Waals surface area contributed by atoms with Crippen molar-refractivity contribution in [1.29, 1.82) is 0 Å². The van der Waals surface area contributed by atoms with Gasteiger partial charge in [0.1, 0.15) is 0 Å². The molecule has 1 N–H and O–H groups in total. The Labute approximate surface area is 132 Å². The molecule has 1 unspecified atom stereocenters. The van der Waals surface area contributed by atoms with Crippen molar-refractivity contribution in [2.45, 2.75) is 19.9 Å². The minimum atomic E-state index is 0.109. The van der Waals surface area contributed by atoms with Crippen LogP contribution in [-0.2, 0) is 0 Å². The molecular formula is C15H14BrCl2N. The largest absolute Gasteiger partial charge is 0.378 e. The average molecular weight is 359 g/mol. The zero-order valence-corrected chi connectivity index (χ0v) is 13.8. The fourth-order valence-corrected chi connectivity index (χ4v) is 2.94. The van der Waals surface area contributed by atoms with Gasteiger partial charge in [0.2, 0.25) is 0 Å². The first-order valence-corrected chi connectivity index (χ1v) is 7.50. The van der Waals surface area contributed by atoms with Crippen LogP contribution in [0.4, 0.5) is 5.69 Å². The van der Waals surface area contributed by atoms with Crippen LogP contribution in [0.3, 0.4) is 0 Å². The van der Waals surface area contributed by atoms with E-state index in [1.165, 1.54) is 0 Å². The minimum Gasteiger partial charge on any atom is -0.378 e. The van der Waals surface area contributed by atoms with Crippen molar-refractivity contribution in [3.8, 4) is 0 Å². The highest BCUT2D eigenvalue weighted by Crippen LogP contribution is 2.31. The van der Waals surface area contributed by atoms with Crippen LogP contribution in [0.2, 0.25) is 10.0 Å². The third-order valence-electron chi connectivity index (χ3n) is 3.07. The fourth-order valence-electron chi connectivity index (χ4n) is 1.93. The molecule has 0 aliphatic rings. The van der Waals surface area contributed by atoms with Crippen molar-refractivity contribution in [2.75, 3.05) is 5.32 Å². The van der Waals surface area contributed by atoms with Crippen LogP contribution in [0, 0.1) is 6.92 Å². The Morgan fingerprint density at radius 1 is 1.11 bits per heavy atom. The molecule has 0 heterocycles. The maximum absolute atomic E-state index is 6.27. The molecule has 19 heavy (non-hydrogen) atoms. The topological polar surface area (TPSA) is 12.0 Å². The molecule has 0 fully saturated rings. The summed E-state index contributed by atoms with van der Waals surface area (Å²) in [5, 5.41) is 4.95. The minimum absolute atomic E-state index is 0.109. The van der Waals surface area contributed by atoms with Crippen molar-refractivity contribution in [3.63, 3.8) is 0 Å². The van der Waals surface area contributed by atoms with Gasteiger partial charge in [-0.15, -0.1) is 0 Å². The van der Waals surface area contributed by atoms with Crippen LogP contribution in [0.25, 0.3) is 0 Å². The van der Waals surface area contributed by atoms with Crippen molar-refractivity contribution < 1.29 is 0 Å². The lowest BCUT2D eigenvalue weighted by atomic mass is 10.1. The van der Waals surface area contributed by atoms with Crippen molar-refractivity contribution in [2.24, 2.45) is 0 Å². The number of benzene rings is 2. The Balaban J connectivity index is 2.25. The third kappa shape index (κ3) is 3.44.